The first-order chi connectivity index (χ1) is 9.94. The molecule has 1 aliphatic heterocycles. The van der Waals surface area contributed by atoms with Crippen molar-refractivity contribution in [2.75, 3.05) is 13.2 Å². The first kappa shape index (κ1) is 14.2. The average molecular weight is 312 g/mol. The van der Waals surface area contributed by atoms with E-state index in [-0.39, 0.29) is 18.4 Å². The maximum Gasteiger partial charge on any atom is 0.159 e. The molecule has 2 aromatic rings. The second-order valence-corrected chi connectivity index (χ2v) is 5.69. The van der Waals surface area contributed by atoms with Crippen molar-refractivity contribution in [1.29, 1.82) is 0 Å². The van der Waals surface area contributed by atoms with E-state index in [0.29, 0.717) is 22.6 Å². The van der Waals surface area contributed by atoms with Crippen LogP contribution in [0.3, 0.4) is 0 Å². The fraction of sp³-hybridized carbons (Fsp3) is 0.267. The van der Waals surface area contributed by atoms with Gasteiger partial charge in [0.05, 0.1) is 12.0 Å². The van der Waals surface area contributed by atoms with Crippen LogP contribution in [-0.2, 0) is 5.41 Å². The summed E-state index contributed by atoms with van der Waals surface area (Å²) < 4.78 is 32.1. The van der Waals surface area contributed by atoms with Crippen LogP contribution in [-0.4, -0.2) is 23.3 Å². The second kappa shape index (κ2) is 4.93. The van der Waals surface area contributed by atoms with Crippen LogP contribution in [0.2, 0.25) is 5.15 Å². The minimum atomic E-state index is -0.967. The maximum atomic E-state index is 13.4. The summed E-state index contributed by atoms with van der Waals surface area (Å²) in [4.78, 5) is 4.16. The normalized spacial score (nSPS) is 20.2. The number of ether oxygens (including phenoxy) is 1. The minimum Gasteiger partial charge on any atom is -0.490 e. The number of halogens is 3. The number of hydrogen-bond donors (Lipinski definition) is 1. The van der Waals surface area contributed by atoms with Gasteiger partial charge in [0.25, 0.3) is 0 Å². The molecule has 1 atom stereocenters. The van der Waals surface area contributed by atoms with Crippen LogP contribution in [0.1, 0.15) is 12.5 Å². The van der Waals surface area contributed by atoms with Gasteiger partial charge >= 0.3 is 0 Å². The number of hydrogen-bond acceptors (Lipinski definition) is 3. The molecular formula is C15H12ClF2NO2. The Hall–Kier alpha value is -1.72. The number of aliphatic hydroxyl groups excluding tert-OH is 1. The van der Waals surface area contributed by atoms with Crippen LogP contribution >= 0.6 is 11.6 Å². The lowest BCUT2D eigenvalue weighted by molar-refractivity contribution is 0.171. The molecule has 0 fully saturated rings. The van der Waals surface area contributed by atoms with Crippen molar-refractivity contribution in [3.8, 4) is 17.0 Å². The smallest absolute Gasteiger partial charge is 0.159 e. The SMILES string of the molecule is CC1(CO)COc2c1cc(Cl)nc2-c1ccc(F)c(F)c1. The molecule has 1 N–H and O–H groups in total. The van der Waals surface area contributed by atoms with Gasteiger partial charge in [0.15, 0.2) is 11.6 Å². The quantitative estimate of drug-likeness (QED) is 0.865. The summed E-state index contributed by atoms with van der Waals surface area (Å²) in [6.07, 6.45) is 0. The van der Waals surface area contributed by atoms with Crippen LogP contribution in [0.15, 0.2) is 24.3 Å². The maximum absolute atomic E-state index is 13.4. The first-order valence-corrected chi connectivity index (χ1v) is 6.72. The molecule has 0 radical (unpaired) electrons. The predicted octanol–water partition coefficient (Wildman–Crippen LogP) is 3.32. The molecule has 0 aliphatic carbocycles. The van der Waals surface area contributed by atoms with Gasteiger partial charge in [-0.15, -0.1) is 0 Å². The lowest BCUT2D eigenvalue weighted by Crippen LogP contribution is -2.28. The third-order valence-corrected chi connectivity index (χ3v) is 3.86. The van der Waals surface area contributed by atoms with Crippen molar-refractivity contribution >= 4 is 11.6 Å². The molecule has 1 aromatic carbocycles. The molecule has 21 heavy (non-hydrogen) atoms. The van der Waals surface area contributed by atoms with E-state index in [1.54, 1.807) is 6.07 Å². The van der Waals surface area contributed by atoms with Crippen molar-refractivity contribution in [2.45, 2.75) is 12.3 Å². The molecule has 110 valence electrons. The molecule has 3 nitrogen and oxygen atoms in total. The largest absolute Gasteiger partial charge is 0.490 e. The number of nitrogens with zero attached hydrogens (tertiary/aromatic N) is 1. The zero-order valence-corrected chi connectivity index (χ0v) is 11.9. The molecular weight excluding hydrogens is 300 g/mol. The van der Waals surface area contributed by atoms with Gasteiger partial charge < -0.3 is 9.84 Å². The Balaban J connectivity index is 2.21. The lowest BCUT2D eigenvalue weighted by atomic mass is 9.85. The highest BCUT2D eigenvalue weighted by atomic mass is 35.5. The zero-order valence-electron chi connectivity index (χ0n) is 11.2. The fourth-order valence-electron chi connectivity index (χ4n) is 2.38. The summed E-state index contributed by atoms with van der Waals surface area (Å²) in [6, 6.07) is 5.12. The molecule has 1 aliphatic rings. The van der Waals surface area contributed by atoms with Gasteiger partial charge in [0, 0.05) is 11.1 Å². The number of aliphatic hydroxyl groups is 1. The van der Waals surface area contributed by atoms with E-state index in [4.69, 9.17) is 16.3 Å². The molecule has 1 aromatic heterocycles. The topological polar surface area (TPSA) is 42.4 Å². The van der Waals surface area contributed by atoms with Crippen LogP contribution in [0.4, 0.5) is 8.78 Å². The Morgan fingerprint density at radius 3 is 2.76 bits per heavy atom. The van der Waals surface area contributed by atoms with E-state index < -0.39 is 17.0 Å². The van der Waals surface area contributed by atoms with Crippen LogP contribution in [0.25, 0.3) is 11.3 Å². The third kappa shape index (κ3) is 2.26. The molecule has 1 unspecified atom stereocenters. The standard InChI is InChI=1S/C15H12ClF2NO2/c1-15(6-20)7-21-14-9(15)5-12(16)19-13(14)8-2-3-10(17)11(18)4-8/h2-5,20H,6-7H2,1H3. The Morgan fingerprint density at radius 1 is 1.33 bits per heavy atom. The lowest BCUT2D eigenvalue weighted by Gasteiger charge is -2.19. The van der Waals surface area contributed by atoms with Gasteiger partial charge in [-0.05, 0) is 31.2 Å². The molecule has 0 spiro atoms. The van der Waals surface area contributed by atoms with Gasteiger partial charge in [0.2, 0.25) is 0 Å². The summed E-state index contributed by atoms with van der Waals surface area (Å²) in [7, 11) is 0. The van der Waals surface area contributed by atoms with Crippen molar-refractivity contribution in [3.05, 3.63) is 46.6 Å². The molecule has 0 amide bonds. The fourth-order valence-corrected chi connectivity index (χ4v) is 2.57. The zero-order chi connectivity index (χ0) is 15.2. The van der Waals surface area contributed by atoms with E-state index in [2.05, 4.69) is 4.98 Å². The molecule has 0 saturated heterocycles. The van der Waals surface area contributed by atoms with E-state index in [0.717, 1.165) is 12.1 Å². The molecule has 0 saturated carbocycles. The number of rotatable bonds is 2. The Labute approximate surface area is 125 Å². The number of aromatic nitrogens is 1. The summed E-state index contributed by atoms with van der Waals surface area (Å²) in [6.45, 7) is 2.00. The van der Waals surface area contributed by atoms with Gasteiger partial charge in [-0.3, -0.25) is 0 Å². The van der Waals surface area contributed by atoms with Crippen LogP contribution in [0.5, 0.6) is 5.75 Å². The highest BCUT2D eigenvalue weighted by Crippen LogP contribution is 2.44. The Morgan fingerprint density at radius 2 is 2.10 bits per heavy atom. The monoisotopic (exact) mass is 311 g/mol. The predicted molar refractivity (Wildman–Crippen MR) is 74.5 cm³/mol. The van der Waals surface area contributed by atoms with Crippen molar-refractivity contribution in [2.24, 2.45) is 0 Å². The summed E-state index contributed by atoms with van der Waals surface area (Å²) in [5.41, 5.74) is 0.836. The van der Waals surface area contributed by atoms with Gasteiger partial charge in [-0.2, -0.15) is 0 Å². The minimum absolute atomic E-state index is 0.114. The van der Waals surface area contributed by atoms with Crippen molar-refractivity contribution < 1.29 is 18.6 Å². The van der Waals surface area contributed by atoms with Crippen LogP contribution in [0, 0.1) is 11.6 Å². The molecule has 6 heteroatoms. The number of fused-ring (bicyclic) bond motifs is 1. The average Bonchev–Trinajstić information content (AvgIpc) is 2.79. The molecule has 3 rings (SSSR count). The highest BCUT2D eigenvalue weighted by Gasteiger charge is 2.38. The van der Waals surface area contributed by atoms with Gasteiger partial charge in [0.1, 0.15) is 23.2 Å². The number of benzene rings is 1. The van der Waals surface area contributed by atoms with Crippen molar-refractivity contribution in [3.63, 3.8) is 0 Å². The second-order valence-electron chi connectivity index (χ2n) is 5.31. The van der Waals surface area contributed by atoms with E-state index in [1.807, 2.05) is 6.92 Å². The molecule has 2 heterocycles. The summed E-state index contributed by atoms with van der Waals surface area (Å²) in [5, 5.41) is 9.76. The number of pyridine rings is 1. The van der Waals surface area contributed by atoms with Gasteiger partial charge in [-0.1, -0.05) is 11.6 Å². The summed E-state index contributed by atoms with van der Waals surface area (Å²) >= 11 is 6.02. The third-order valence-electron chi connectivity index (χ3n) is 3.67. The van der Waals surface area contributed by atoms with Crippen molar-refractivity contribution in [1.82, 2.24) is 4.98 Å². The van der Waals surface area contributed by atoms with Crippen LogP contribution < -0.4 is 4.74 Å². The first-order valence-electron chi connectivity index (χ1n) is 6.35. The Kier molecular flexibility index (Phi) is 3.34. The Bertz CT molecular complexity index is 723. The van der Waals surface area contributed by atoms with E-state index >= 15 is 0 Å². The van der Waals surface area contributed by atoms with Gasteiger partial charge in [-0.25, -0.2) is 13.8 Å². The van der Waals surface area contributed by atoms with E-state index in [9.17, 15) is 13.9 Å². The molecule has 0 bridgehead atoms. The summed E-state index contributed by atoms with van der Waals surface area (Å²) in [5.74, 6) is -1.45. The van der Waals surface area contributed by atoms with E-state index in [1.165, 1.54) is 6.07 Å². The highest BCUT2D eigenvalue weighted by molar-refractivity contribution is 6.29.